The van der Waals surface area contributed by atoms with E-state index in [9.17, 15) is 19.2 Å². The van der Waals surface area contributed by atoms with Crippen molar-refractivity contribution in [1.29, 1.82) is 0 Å². The third kappa shape index (κ3) is 25.0. The lowest BCUT2D eigenvalue weighted by molar-refractivity contribution is 0.0486. The number of carbonyl (C=O) groups is 4. The molecule has 12 heterocycles. The largest absolute Gasteiger partial charge is 0.394 e. The Labute approximate surface area is 735 Å². The van der Waals surface area contributed by atoms with E-state index in [1.165, 1.54) is 32.4 Å². The Morgan fingerprint density at radius 2 is 0.729 bits per heavy atom. The number of thiophene rings is 4. The first-order valence-electron chi connectivity index (χ1n) is 38.7. The van der Waals surface area contributed by atoms with Crippen LogP contribution in [-0.4, -0.2) is 235 Å². The minimum absolute atomic E-state index is 0.0249. The zero-order valence-electron chi connectivity index (χ0n) is 65.2. The number of aromatic nitrogens is 8. The van der Waals surface area contributed by atoms with E-state index < -0.39 is 0 Å². The topological polar surface area (TPSA) is 272 Å². The molecule has 0 aliphatic carbocycles. The molecule has 118 heavy (non-hydrogen) atoms. The highest BCUT2D eigenvalue weighted by atomic mass is 79.9. The van der Waals surface area contributed by atoms with Gasteiger partial charge in [-0.05, 0) is 279 Å². The summed E-state index contributed by atoms with van der Waals surface area (Å²) in [6.07, 6.45) is 13.1. The smallest absolute Gasteiger partial charge is 0.253 e. The second-order valence-electron chi connectivity index (χ2n) is 28.2. The summed E-state index contributed by atoms with van der Waals surface area (Å²) in [7, 11) is 5.55. The van der Waals surface area contributed by atoms with Crippen LogP contribution in [0.2, 0.25) is 0 Å². The second kappa shape index (κ2) is 43.2. The van der Waals surface area contributed by atoms with E-state index in [1.807, 2.05) is 172 Å². The van der Waals surface area contributed by atoms with Gasteiger partial charge >= 0.3 is 0 Å². The number of nitrogens with zero attached hydrogens (tertiary/aromatic N) is 15. The Balaban J connectivity index is 0.000000137. The number of hydrogen-bond donors (Lipinski definition) is 5. The molecule has 0 unspecified atom stereocenters. The molecule has 4 aliphatic rings. The van der Waals surface area contributed by atoms with E-state index in [-0.39, 0.29) is 30.2 Å². The maximum atomic E-state index is 13.0. The molecule has 8 aromatic heterocycles. The van der Waals surface area contributed by atoms with Gasteiger partial charge in [0.2, 0.25) is 23.8 Å². The highest BCUT2D eigenvalue weighted by Gasteiger charge is 2.29. The Bertz CT molecular complexity index is 5270. The number of likely N-dealkylation sites (tertiary alicyclic amines) is 2. The summed E-state index contributed by atoms with van der Waals surface area (Å²) in [5.41, 5.74) is 9.57. The van der Waals surface area contributed by atoms with Gasteiger partial charge in [0.15, 0.2) is 0 Å². The van der Waals surface area contributed by atoms with Crippen LogP contribution in [-0.2, 0) is 4.74 Å². The van der Waals surface area contributed by atoms with Crippen molar-refractivity contribution >= 4 is 179 Å². The number of piperidine rings is 2. The monoisotopic (exact) mass is 1920 g/mol. The number of benzene rings is 4. The lowest BCUT2D eigenvalue weighted by atomic mass is 9.99. The maximum Gasteiger partial charge on any atom is 0.253 e. The number of halogens is 4. The van der Waals surface area contributed by atoms with E-state index in [4.69, 9.17) is 9.84 Å². The summed E-state index contributed by atoms with van der Waals surface area (Å²) >= 11 is 20.4. The van der Waals surface area contributed by atoms with Crippen LogP contribution in [0.4, 0.5) is 46.5 Å². The molecule has 12 aromatic rings. The molecule has 612 valence electrons. The SMILES string of the molecule is CN(C)C(=O)c1ccc(Nc2nccc(-c3ccc(Br)s3)n2)cc1.CN1CCN(C(=O)c2ccc(Nc3nccc(-c4ccc(Br)s4)n3)cc2)CC1.O=C(c1ccc(Nc2nccc(-c3ccc(Br)s3)n2)cc1)N1CCC(N2CCCCC2)CC1.O=C(c1ccc(Nc2nccc(-c3ccc(Br)s3)n2)cc1)N1CCN(CCOCCO)CC1. The second-order valence-corrected chi connectivity index (χ2v) is 38.0. The summed E-state index contributed by atoms with van der Waals surface area (Å²) in [5.74, 6) is 2.32. The number of nitrogens with one attached hydrogen (secondary N) is 4. The van der Waals surface area contributed by atoms with Gasteiger partial charge in [0.25, 0.3) is 23.6 Å². The van der Waals surface area contributed by atoms with Gasteiger partial charge in [-0.1, -0.05) is 6.42 Å². The molecule has 0 bridgehead atoms. The van der Waals surface area contributed by atoms with Crippen molar-refractivity contribution < 1.29 is 29.0 Å². The molecule has 5 N–H and O–H groups in total. The number of hydrogen-bond acceptors (Lipinski definition) is 25. The number of anilines is 8. The van der Waals surface area contributed by atoms with Crippen LogP contribution in [0.5, 0.6) is 0 Å². The highest BCUT2D eigenvalue weighted by Crippen LogP contribution is 2.36. The van der Waals surface area contributed by atoms with Gasteiger partial charge in [-0.3, -0.25) is 24.1 Å². The number of ether oxygens (including phenoxy) is 1. The van der Waals surface area contributed by atoms with Gasteiger partial charge in [0.1, 0.15) is 0 Å². The van der Waals surface area contributed by atoms with Crippen molar-refractivity contribution in [2.75, 3.05) is 147 Å². The lowest BCUT2D eigenvalue weighted by Crippen LogP contribution is -2.49. The third-order valence-electron chi connectivity index (χ3n) is 19.8. The fraction of sp³-hybridized carbons (Fsp3) is 0.294. The zero-order valence-corrected chi connectivity index (χ0v) is 74.9. The predicted molar refractivity (Wildman–Crippen MR) is 487 cm³/mol. The number of amides is 4. The summed E-state index contributed by atoms with van der Waals surface area (Å²) in [4.78, 5) is 105. The van der Waals surface area contributed by atoms with Crippen LogP contribution in [0.25, 0.3) is 42.3 Å². The molecule has 4 amide bonds. The van der Waals surface area contributed by atoms with Crippen LogP contribution in [0.3, 0.4) is 0 Å². The molecule has 0 radical (unpaired) electrons. The van der Waals surface area contributed by atoms with E-state index >= 15 is 0 Å². The predicted octanol–water partition coefficient (Wildman–Crippen LogP) is 17.8. The molecule has 4 aliphatic heterocycles. The molecule has 4 fully saturated rings. The quantitative estimate of drug-likeness (QED) is 0.0395. The summed E-state index contributed by atoms with van der Waals surface area (Å²) in [6, 6.07) is 54.1. The van der Waals surface area contributed by atoms with Crippen LogP contribution in [0.1, 0.15) is 73.5 Å². The summed E-state index contributed by atoms with van der Waals surface area (Å²) in [6.45, 7) is 12.4. The average Bonchev–Trinajstić information content (AvgIpc) is 1.83. The minimum Gasteiger partial charge on any atom is -0.394 e. The first-order chi connectivity index (χ1) is 57.4. The van der Waals surface area contributed by atoms with Crippen LogP contribution in [0, 0.1) is 0 Å². The lowest BCUT2D eigenvalue weighted by Gasteiger charge is -2.40. The van der Waals surface area contributed by atoms with Gasteiger partial charge in [-0.15, -0.1) is 45.3 Å². The fourth-order valence-electron chi connectivity index (χ4n) is 13.4. The van der Waals surface area contributed by atoms with E-state index in [0.717, 1.165) is 157 Å². The minimum atomic E-state index is -0.0249. The maximum absolute atomic E-state index is 13.0. The Hall–Kier alpha value is -9.20. The van der Waals surface area contributed by atoms with Crippen LogP contribution >= 0.6 is 109 Å². The molecule has 4 aromatic carbocycles. The highest BCUT2D eigenvalue weighted by molar-refractivity contribution is 9.11. The number of likely N-dealkylation sites (N-methyl/N-ethyl adjacent to an activating group) is 1. The molecule has 33 heteroatoms. The van der Waals surface area contributed by atoms with Crippen molar-refractivity contribution in [2.45, 2.75) is 38.1 Å². The molecular weight excluding hydrogens is 1830 g/mol. The van der Waals surface area contributed by atoms with Gasteiger partial charge in [0.05, 0.1) is 77.3 Å². The molecular formula is C85H89Br4N19O6S4. The molecule has 4 saturated heterocycles. The Kier molecular flexibility index (Phi) is 31.7. The van der Waals surface area contributed by atoms with Gasteiger partial charge in [-0.25, -0.2) is 39.9 Å². The number of aliphatic hydroxyl groups excluding tert-OH is 1. The van der Waals surface area contributed by atoms with Crippen molar-refractivity contribution in [3.63, 3.8) is 0 Å². The van der Waals surface area contributed by atoms with E-state index in [2.05, 4.69) is 147 Å². The summed E-state index contributed by atoms with van der Waals surface area (Å²) in [5, 5.41) is 21.6. The van der Waals surface area contributed by atoms with Crippen molar-refractivity contribution in [2.24, 2.45) is 0 Å². The first-order valence-corrected chi connectivity index (χ1v) is 45.1. The number of piperazine rings is 2. The molecule has 16 rings (SSSR count). The average molecular weight is 1920 g/mol. The van der Waals surface area contributed by atoms with Crippen LogP contribution < -0.4 is 21.3 Å². The summed E-state index contributed by atoms with van der Waals surface area (Å²) < 4.78 is 9.58. The van der Waals surface area contributed by atoms with Gasteiger partial charge in [-0.2, -0.15) is 0 Å². The fourth-order valence-corrected chi connectivity index (χ4v) is 18.8. The normalized spacial score (nSPS) is 14.7. The van der Waals surface area contributed by atoms with Crippen LogP contribution in [0.15, 0.2) is 210 Å². The third-order valence-corrected chi connectivity index (χ3v) is 26.4. The van der Waals surface area contributed by atoms with Crippen molar-refractivity contribution in [3.8, 4) is 42.3 Å². The molecule has 0 spiro atoms. The number of carbonyl (C=O) groups excluding carboxylic acids is 4. The number of aliphatic hydroxyl groups is 1. The molecule has 0 saturated carbocycles. The first kappa shape index (κ1) is 86.6. The Morgan fingerprint density at radius 3 is 1.04 bits per heavy atom. The van der Waals surface area contributed by atoms with Gasteiger partial charge in [0, 0.05) is 162 Å². The molecule has 25 nitrogen and oxygen atoms in total. The van der Waals surface area contributed by atoms with Crippen molar-refractivity contribution in [1.82, 2.24) is 74.2 Å². The Morgan fingerprint density at radius 1 is 0.407 bits per heavy atom. The van der Waals surface area contributed by atoms with Crippen molar-refractivity contribution in [3.05, 3.63) is 232 Å². The van der Waals surface area contributed by atoms with E-state index in [0.29, 0.717) is 72.8 Å². The standard InChI is InChI=1S/C25H28BrN5OS.C23H26BrN5O3S.C20H20BrN5OS.C17H15BrN4OS/c26-23-9-8-22(33-23)21-10-13-27-25(29-21)28-19-6-4-18(5-7-19)24(32)31-16-11-20(12-17-31)30-14-2-1-3-15-30;24-21-6-5-20(33-21)19-7-8-25-23(27-19)26-18-3-1-17(2-4-18)22(31)29-11-9-28(10-12-29)13-15-32-16-14-30;1-25-10-12-26(13-11-25)19(27)14-2-4-15(5-3-14)23-20-22-9-8-16(24-20)17-6-7-18(21)28-17;1-22(2)16(23)11-3-5-12(6-4-11)20-17-19-10-9-13(21-17)14-7-8-15(18)24-14/h4-10,13,20H,1-3,11-12,14-17H2,(H,27,28,29);1-8,30H,9-16H2,(H,25,26,27);2-9H,10-13H2,1H3,(H,22,23,24);3-10H,1-2H3,(H,19,20,21). The molecule has 0 atom stereocenters. The number of rotatable bonds is 22. The zero-order chi connectivity index (χ0) is 82.3. The van der Waals surface area contributed by atoms with E-state index in [1.54, 1.807) is 101 Å². The van der Waals surface area contributed by atoms with Gasteiger partial charge < -0.3 is 60.5 Å².